The highest BCUT2D eigenvalue weighted by molar-refractivity contribution is 9.10. The summed E-state index contributed by atoms with van der Waals surface area (Å²) in [5, 5.41) is 0.790. The van der Waals surface area contributed by atoms with Crippen LogP contribution in [-0.2, 0) is 11.4 Å². The lowest BCUT2D eigenvalue weighted by Crippen LogP contribution is -2.27. The molecule has 3 aromatic carbocycles. The lowest BCUT2D eigenvalue weighted by atomic mass is 10.1. The van der Waals surface area contributed by atoms with Crippen molar-refractivity contribution in [2.24, 2.45) is 0 Å². The number of carbonyl (C=O) groups excluding carboxylic acids is 1. The molecule has 10 heteroatoms. The van der Waals surface area contributed by atoms with Crippen LogP contribution in [0.3, 0.4) is 0 Å². The monoisotopic (exact) mass is 611 g/mol. The van der Waals surface area contributed by atoms with E-state index >= 15 is 0 Å². The Hall–Kier alpha value is -2.10. The van der Waals surface area contributed by atoms with Crippen molar-refractivity contribution in [1.29, 1.82) is 0 Å². The van der Waals surface area contributed by atoms with Gasteiger partial charge >= 0.3 is 0 Å². The molecule has 35 heavy (non-hydrogen) atoms. The molecule has 4 rings (SSSR count). The fourth-order valence-corrected chi connectivity index (χ4v) is 5.68. The molecule has 0 saturated carbocycles. The van der Waals surface area contributed by atoms with Crippen molar-refractivity contribution in [3.8, 4) is 11.5 Å². The molecule has 1 fully saturated rings. The Balaban J connectivity index is 1.62. The molecule has 0 bridgehead atoms. The van der Waals surface area contributed by atoms with Gasteiger partial charge in [-0.2, -0.15) is 0 Å². The van der Waals surface area contributed by atoms with Gasteiger partial charge in [-0.05, 0) is 70.9 Å². The molecule has 0 atom stereocenters. The predicted molar refractivity (Wildman–Crippen MR) is 148 cm³/mol. The summed E-state index contributed by atoms with van der Waals surface area (Å²) in [6.07, 6.45) is 1.72. The summed E-state index contributed by atoms with van der Waals surface area (Å²) in [4.78, 5) is 15.0. The zero-order valence-corrected chi connectivity index (χ0v) is 22.9. The number of thioether (sulfide) groups is 1. The van der Waals surface area contributed by atoms with Gasteiger partial charge in [0.2, 0.25) is 0 Å². The molecule has 0 N–H and O–H groups in total. The van der Waals surface area contributed by atoms with Crippen LogP contribution in [0.15, 0.2) is 64.0 Å². The van der Waals surface area contributed by atoms with Crippen molar-refractivity contribution in [2.45, 2.75) is 13.5 Å². The van der Waals surface area contributed by atoms with Gasteiger partial charge in [-0.3, -0.25) is 9.69 Å². The molecule has 0 spiro atoms. The van der Waals surface area contributed by atoms with Gasteiger partial charge in [0, 0.05) is 10.6 Å². The Bertz CT molecular complexity index is 1350. The normalized spacial score (nSPS) is 14.7. The first-order valence-corrected chi connectivity index (χ1v) is 13.1. The summed E-state index contributed by atoms with van der Waals surface area (Å²) in [5.41, 5.74) is 1.59. The highest BCUT2D eigenvalue weighted by atomic mass is 79.9. The third kappa shape index (κ3) is 5.84. The van der Waals surface area contributed by atoms with Crippen molar-refractivity contribution in [1.82, 2.24) is 0 Å². The SMILES string of the molecule is CCOc1cc(/C=C2/SC(=S)N(c3ccc(Cl)cc3Cl)C2=O)cc(Br)c1OCc1ccccc1F. The molecule has 0 aromatic heterocycles. The Morgan fingerprint density at radius 2 is 1.91 bits per heavy atom. The lowest BCUT2D eigenvalue weighted by Gasteiger charge is -2.16. The molecular formula is C25H17BrCl2FNO3S2. The highest BCUT2D eigenvalue weighted by Crippen LogP contribution is 2.42. The summed E-state index contributed by atoms with van der Waals surface area (Å²) in [7, 11) is 0. The second-order valence-corrected chi connectivity index (χ2v) is 10.6. The number of amides is 1. The number of carbonyl (C=O) groups is 1. The van der Waals surface area contributed by atoms with Gasteiger partial charge in [0.05, 0.1) is 26.7 Å². The van der Waals surface area contributed by atoms with E-state index in [9.17, 15) is 9.18 Å². The lowest BCUT2D eigenvalue weighted by molar-refractivity contribution is -0.113. The number of hydrogen-bond donors (Lipinski definition) is 0. The smallest absolute Gasteiger partial charge is 0.270 e. The summed E-state index contributed by atoms with van der Waals surface area (Å²) in [6, 6.07) is 14.8. The van der Waals surface area contributed by atoms with Crippen LogP contribution in [0.2, 0.25) is 10.0 Å². The highest BCUT2D eigenvalue weighted by Gasteiger charge is 2.34. The van der Waals surface area contributed by atoms with E-state index in [-0.39, 0.29) is 18.3 Å². The van der Waals surface area contributed by atoms with Crippen LogP contribution in [0.5, 0.6) is 11.5 Å². The number of anilines is 1. The summed E-state index contributed by atoms with van der Waals surface area (Å²) < 4.78 is 26.6. The minimum Gasteiger partial charge on any atom is -0.490 e. The molecule has 1 saturated heterocycles. The number of ether oxygens (including phenoxy) is 2. The first-order chi connectivity index (χ1) is 16.8. The number of nitrogens with zero attached hydrogens (tertiary/aromatic N) is 1. The number of benzene rings is 3. The van der Waals surface area contributed by atoms with Crippen molar-refractivity contribution in [3.63, 3.8) is 0 Å². The van der Waals surface area contributed by atoms with Crippen LogP contribution in [-0.4, -0.2) is 16.8 Å². The average Bonchev–Trinajstić information content (AvgIpc) is 3.07. The van der Waals surface area contributed by atoms with E-state index in [4.69, 9.17) is 44.9 Å². The maximum atomic E-state index is 14.0. The van der Waals surface area contributed by atoms with E-state index in [1.807, 2.05) is 6.92 Å². The van der Waals surface area contributed by atoms with Gasteiger partial charge < -0.3 is 9.47 Å². The van der Waals surface area contributed by atoms with Gasteiger partial charge in [0.15, 0.2) is 15.8 Å². The number of rotatable bonds is 7. The number of halogens is 4. The molecule has 180 valence electrons. The minimum atomic E-state index is -0.346. The fraction of sp³-hybridized carbons (Fsp3) is 0.120. The topological polar surface area (TPSA) is 38.8 Å². The van der Waals surface area contributed by atoms with Crippen molar-refractivity contribution < 1.29 is 18.7 Å². The Morgan fingerprint density at radius 1 is 1.14 bits per heavy atom. The zero-order chi connectivity index (χ0) is 25.1. The van der Waals surface area contributed by atoms with E-state index < -0.39 is 0 Å². The standard InChI is InChI=1S/C25H17BrCl2FNO3S2/c1-2-32-21-10-14(9-17(26)23(21)33-13-15-5-3-4-6-19(15)29)11-22-24(31)30(25(34)35-22)20-8-7-16(27)12-18(20)28/h3-12H,2,13H2,1H3/b22-11+. The van der Waals surface area contributed by atoms with Gasteiger partial charge in [-0.25, -0.2) is 4.39 Å². The van der Waals surface area contributed by atoms with Crippen molar-refractivity contribution >= 4 is 85.1 Å². The van der Waals surface area contributed by atoms with E-state index in [1.165, 1.54) is 22.7 Å². The molecule has 0 unspecified atom stereocenters. The van der Waals surface area contributed by atoms with Gasteiger partial charge in [0.25, 0.3) is 5.91 Å². The molecule has 1 aliphatic heterocycles. The number of hydrogen-bond acceptors (Lipinski definition) is 5. The van der Waals surface area contributed by atoms with Crippen LogP contribution in [0.1, 0.15) is 18.1 Å². The van der Waals surface area contributed by atoms with Crippen molar-refractivity contribution in [3.05, 3.63) is 91.0 Å². The average molecular weight is 613 g/mol. The third-order valence-corrected chi connectivity index (χ3v) is 7.33. The second kappa shape index (κ2) is 11.3. The third-order valence-electron chi connectivity index (χ3n) is 4.90. The first-order valence-electron chi connectivity index (χ1n) is 10.3. The van der Waals surface area contributed by atoms with Crippen LogP contribution in [0.25, 0.3) is 6.08 Å². The Labute approximate surface area is 230 Å². The Kier molecular flexibility index (Phi) is 8.39. The van der Waals surface area contributed by atoms with E-state index in [2.05, 4.69) is 15.9 Å². The maximum Gasteiger partial charge on any atom is 0.270 e. The van der Waals surface area contributed by atoms with Crippen LogP contribution in [0.4, 0.5) is 10.1 Å². The Morgan fingerprint density at radius 3 is 2.63 bits per heavy atom. The van der Waals surface area contributed by atoms with Gasteiger partial charge in [0.1, 0.15) is 12.4 Å². The maximum absolute atomic E-state index is 14.0. The zero-order valence-electron chi connectivity index (χ0n) is 18.2. The summed E-state index contributed by atoms with van der Waals surface area (Å²) in [5.74, 6) is 0.257. The van der Waals surface area contributed by atoms with Gasteiger partial charge in [-0.15, -0.1) is 0 Å². The second-order valence-electron chi connectivity index (χ2n) is 7.26. The summed E-state index contributed by atoms with van der Waals surface area (Å²) in [6.45, 7) is 2.27. The van der Waals surface area contributed by atoms with Gasteiger partial charge in [-0.1, -0.05) is 65.4 Å². The quantitative estimate of drug-likeness (QED) is 0.198. The molecule has 1 aliphatic rings. The molecule has 1 amide bonds. The molecule has 1 heterocycles. The minimum absolute atomic E-state index is 0.0329. The summed E-state index contributed by atoms with van der Waals surface area (Å²) >= 11 is 22.4. The first kappa shape index (κ1) is 26.0. The molecular weight excluding hydrogens is 596 g/mol. The largest absolute Gasteiger partial charge is 0.490 e. The number of thiocarbonyl (C=S) groups is 1. The van der Waals surface area contributed by atoms with E-state index in [0.29, 0.717) is 58.7 Å². The molecule has 0 radical (unpaired) electrons. The molecule has 4 nitrogen and oxygen atoms in total. The fourth-order valence-electron chi connectivity index (χ4n) is 3.33. The van der Waals surface area contributed by atoms with E-state index in [0.717, 1.165) is 0 Å². The molecule has 0 aliphatic carbocycles. The predicted octanol–water partition coefficient (Wildman–Crippen LogP) is 8.28. The molecule has 3 aromatic rings. The van der Waals surface area contributed by atoms with Crippen LogP contribution < -0.4 is 14.4 Å². The van der Waals surface area contributed by atoms with Crippen molar-refractivity contribution in [2.75, 3.05) is 11.5 Å². The van der Waals surface area contributed by atoms with Crippen LogP contribution in [0, 0.1) is 5.82 Å². The van der Waals surface area contributed by atoms with Crippen LogP contribution >= 0.6 is 63.1 Å². The van der Waals surface area contributed by atoms with E-state index in [1.54, 1.807) is 54.6 Å².